The molecule has 0 heterocycles. The molecule has 0 aliphatic carbocycles. The molecule has 0 spiro atoms. The number of sulfonamides is 1. The van der Waals surface area contributed by atoms with Gasteiger partial charge in [-0.1, -0.05) is 5.16 Å². The highest BCUT2D eigenvalue weighted by Gasteiger charge is 2.26. The molecule has 1 rings (SSSR count). The molecule has 118 valence electrons. The van der Waals surface area contributed by atoms with Gasteiger partial charge in [-0.05, 0) is 18.2 Å². The van der Waals surface area contributed by atoms with Gasteiger partial charge in [-0.15, -0.1) is 0 Å². The second-order valence-corrected chi connectivity index (χ2v) is 8.25. The van der Waals surface area contributed by atoms with E-state index in [1.54, 1.807) is 0 Å². The van der Waals surface area contributed by atoms with Crippen LogP contribution in [0, 0.1) is 5.82 Å². The van der Waals surface area contributed by atoms with E-state index in [1.807, 2.05) is 0 Å². The summed E-state index contributed by atoms with van der Waals surface area (Å²) in [5.74, 6) is -1.51. The molecule has 11 heteroatoms. The number of halogens is 1. The normalized spacial score (nSPS) is 13.6. The molecule has 0 radical (unpaired) electrons. The zero-order chi connectivity index (χ0) is 16.4. The molecule has 0 unspecified atom stereocenters. The maximum absolute atomic E-state index is 13.7. The second kappa shape index (κ2) is 5.95. The van der Waals surface area contributed by atoms with Crippen LogP contribution in [0.15, 0.2) is 33.1 Å². The zero-order valence-electron chi connectivity index (χ0n) is 11.2. The Balaban J connectivity index is 3.38. The van der Waals surface area contributed by atoms with Crippen molar-refractivity contribution in [2.45, 2.75) is 9.79 Å². The van der Waals surface area contributed by atoms with Crippen LogP contribution in [0.3, 0.4) is 0 Å². The van der Waals surface area contributed by atoms with Crippen LogP contribution in [0.1, 0.15) is 0 Å². The zero-order valence-corrected chi connectivity index (χ0v) is 12.8. The van der Waals surface area contributed by atoms with E-state index >= 15 is 0 Å². The van der Waals surface area contributed by atoms with Gasteiger partial charge in [-0.25, -0.2) is 21.2 Å². The fourth-order valence-electron chi connectivity index (χ4n) is 1.42. The van der Waals surface area contributed by atoms with E-state index in [1.165, 1.54) is 0 Å². The summed E-state index contributed by atoms with van der Waals surface area (Å²) in [6.45, 7) is -0.485. The summed E-state index contributed by atoms with van der Waals surface area (Å²) in [5.41, 5.74) is 5.19. The van der Waals surface area contributed by atoms with Gasteiger partial charge in [0.05, 0.1) is 11.4 Å². The van der Waals surface area contributed by atoms with Crippen molar-refractivity contribution in [1.82, 2.24) is 4.31 Å². The lowest BCUT2D eigenvalue weighted by molar-refractivity contribution is 0.315. The molecule has 0 aliphatic rings. The van der Waals surface area contributed by atoms with Crippen molar-refractivity contribution < 1.29 is 26.4 Å². The van der Waals surface area contributed by atoms with E-state index in [4.69, 9.17) is 10.9 Å². The van der Waals surface area contributed by atoms with Crippen molar-refractivity contribution in [3.05, 3.63) is 24.0 Å². The van der Waals surface area contributed by atoms with Crippen LogP contribution < -0.4 is 5.73 Å². The molecule has 21 heavy (non-hydrogen) atoms. The maximum atomic E-state index is 13.7. The van der Waals surface area contributed by atoms with Crippen molar-refractivity contribution in [1.29, 1.82) is 0 Å². The minimum Gasteiger partial charge on any atom is -0.409 e. The van der Waals surface area contributed by atoms with Gasteiger partial charge in [0.1, 0.15) is 10.7 Å². The Morgan fingerprint density at radius 3 is 2.43 bits per heavy atom. The summed E-state index contributed by atoms with van der Waals surface area (Å²) < 4.78 is 61.5. The third-order valence-corrected chi connectivity index (χ3v) is 5.46. The van der Waals surface area contributed by atoms with Gasteiger partial charge in [0.2, 0.25) is 10.0 Å². The smallest absolute Gasteiger partial charge is 0.246 e. The molecule has 0 fully saturated rings. The second-order valence-electron chi connectivity index (χ2n) is 4.22. The van der Waals surface area contributed by atoms with Crippen LogP contribution in [-0.4, -0.2) is 52.0 Å². The number of sulfone groups is 1. The number of rotatable bonds is 5. The number of hydrogen-bond acceptors (Lipinski definition) is 6. The van der Waals surface area contributed by atoms with Crippen LogP contribution in [0.4, 0.5) is 4.39 Å². The van der Waals surface area contributed by atoms with E-state index < -0.39 is 43.0 Å². The van der Waals surface area contributed by atoms with Crippen molar-refractivity contribution in [2.24, 2.45) is 10.9 Å². The number of benzene rings is 1. The first kappa shape index (κ1) is 17.3. The average Bonchev–Trinajstić information content (AvgIpc) is 2.37. The fourth-order valence-corrected chi connectivity index (χ4v) is 3.37. The number of hydrogen-bond donors (Lipinski definition) is 2. The number of nitrogens with two attached hydrogens (primary N) is 1. The minimum atomic E-state index is -4.34. The molecule has 3 N–H and O–H groups in total. The van der Waals surface area contributed by atoms with Crippen LogP contribution >= 0.6 is 0 Å². The van der Waals surface area contributed by atoms with Gasteiger partial charge in [-0.2, -0.15) is 4.31 Å². The Morgan fingerprint density at radius 2 is 1.95 bits per heavy atom. The molecule has 0 amide bonds. The molecular formula is C10H14FN3O5S2. The van der Waals surface area contributed by atoms with Crippen LogP contribution in [0.25, 0.3) is 0 Å². The Bertz CT molecular complexity index is 774. The van der Waals surface area contributed by atoms with Gasteiger partial charge < -0.3 is 10.9 Å². The molecule has 0 saturated heterocycles. The van der Waals surface area contributed by atoms with E-state index in [2.05, 4.69) is 5.16 Å². The fraction of sp³-hybridized carbons (Fsp3) is 0.300. The number of likely N-dealkylation sites (N-methyl/N-ethyl adjacent to an activating group) is 1. The summed E-state index contributed by atoms with van der Waals surface area (Å²) in [6, 6.07) is 2.44. The predicted molar refractivity (Wildman–Crippen MR) is 72.7 cm³/mol. The molecule has 0 atom stereocenters. The molecule has 0 aliphatic heterocycles. The van der Waals surface area contributed by atoms with Crippen molar-refractivity contribution >= 4 is 25.7 Å². The van der Waals surface area contributed by atoms with Gasteiger partial charge in [0.15, 0.2) is 15.7 Å². The first-order valence-corrected chi connectivity index (χ1v) is 8.75. The lowest BCUT2D eigenvalue weighted by atomic mass is 10.3. The molecule has 1 aromatic rings. The Kier molecular flexibility index (Phi) is 4.91. The van der Waals surface area contributed by atoms with E-state index in [0.717, 1.165) is 31.5 Å². The highest BCUT2D eigenvalue weighted by Crippen LogP contribution is 2.22. The van der Waals surface area contributed by atoms with E-state index in [0.29, 0.717) is 4.31 Å². The van der Waals surface area contributed by atoms with Crippen LogP contribution in [0.2, 0.25) is 0 Å². The quantitative estimate of drug-likeness (QED) is 0.247. The SMILES string of the molecule is CN(CC(N)=NO)S(=O)(=O)c1cc(S(C)(=O)=O)ccc1F. The van der Waals surface area contributed by atoms with Crippen LogP contribution in [0.5, 0.6) is 0 Å². The number of amidine groups is 1. The van der Waals surface area contributed by atoms with E-state index in [9.17, 15) is 21.2 Å². The standard InChI is InChI=1S/C10H14FN3O5S2/c1-14(6-10(12)13-15)21(18,19)9-5-7(20(2,16)17)3-4-8(9)11/h3-5,15H,6H2,1-2H3,(H2,12,13). The lowest BCUT2D eigenvalue weighted by Gasteiger charge is -2.17. The predicted octanol–water partition coefficient (Wildman–Crippen LogP) is -0.404. The number of nitrogens with zero attached hydrogens (tertiary/aromatic N) is 2. The maximum Gasteiger partial charge on any atom is 0.246 e. The lowest BCUT2D eigenvalue weighted by Crippen LogP contribution is -2.36. The summed E-state index contributed by atoms with van der Waals surface area (Å²) in [6.07, 6.45) is 0.872. The van der Waals surface area contributed by atoms with Crippen molar-refractivity contribution in [2.75, 3.05) is 19.8 Å². The average molecular weight is 339 g/mol. The van der Waals surface area contributed by atoms with Gasteiger partial charge in [-0.3, -0.25) is 0 Å². The third-order valence-electron chi connectivity index (χ3n) is 2.53. The molecule has 8 nitrogen and oxygen atoms in total. The Labute approximate surface area is 121 Å². The molecule has 0 bridgehead atoms. The highest BCUT2D eigenvalue weighted by atomic mass is 32.2. The van der Waals surface area contributed by atoms with Gasteiger partial charge >= 0.3 is 0 Å². The molecule has 0 saturated carbocycles. The Morgan fingerprint density at radius 1 is 1.38 bits per heavy atom. The van der Waals surface area contributed by atoms with Crippen LogP contribution in [-0.2, 0) is 19.9 Å². The first-order chi connectivity index (χ1) is 9.50. The topological polar surface area (TPSA) is 130 Å². The van der Waals surface area contributed by atoms with Gasteiger partial charge in [0, 0.05) is 13.3 Å². The van der Waals surface area contributed by atoms with E-state index in [-0.39, 0.29) is 4.90 Å². The summed E-state index contributed by atoms with van der Waals surface area (Å²) >= 11 is 0. The molecular weight excluding hydrogens is 325 g/mol. The van der Waals surface area contributed by atoms with Crippen molar-refractivity contribution in [3.8, 4) is 0 Å². The number of oxime groups is 1. The molecule has 1 aromatic carbocycles. The minimum absolute atomic E-state index is 0.334. The third kappa shape index (κ3) is 3.89. The van der Waals surface area contributed by atoms with Crippen molar-refractivity contribution in [3.63, 3.8) is 0 Å². The monoisotopic (exact) mass is 339 g/mol. The highest BCUT2D eigenvalue weighted by molar-refractivity contribution is 7.91. The first-order valence-electron chi connectivity index (χ1n) is 5.42. The molecule has 0 aromatic heterocycles. The Hall–Kier alpha value is -1.72. The largest absolute Gasteiger partial charge is 0.409 e. The summed E-state index contributed by atoms with van der Waals surface area (Å²) in [5, 5.41) is 11.0. The van der Waals surface area contributed by atoms with Gasteiger partial charge in [0.25, 0.3) is 0 Å². The summed E-state index contributed by atoms with van der Waals surface area (Å²) in [7, 11) is -6.95. The summed E-state index contributed by atoms with van der Waals surface area (Å²) in [4.78, 5) is -1.14.